The van der Waals surface area contributed by atoms with Gasteiger partial charge in [-0.1, -0.05) is 6.07 Å². The van der Waals surface area contributed by atoms with Crippen molar-refractivity contribution in [1.29, 1.82) is 5.26 Å². The molecule has 0 saturated heterocycles. The van der Waals surface area contributed by atoms with Crippen LogP contribution in [0.1, 0.15) is 40.1 Å². The number of hydrogen-bond donors (Lipinski definition) is 1. The number of hydrogen-bond acceptors (Lipinski definition) is 3. The van der Waals surface area contributed by atoms with E-state index in [0.29, 0.717) is 11.1 Å². The molecular weight excluding hydrogens is 331 g/mol. The highest BCUT2D eigenvalue weighted by molar-refractivity contribution is 5.94. The highest BCUT2D eigenvalue weighted by Crippen LogP contribution is 2.21. The lowest BCUT2D eigenvalue weighted by Gasteiger charge is -2.14. The Morgan fingerprint density at radius 2 is 2.00 bits per heavy atom. The summed E-state index contributed by atoms with van der Waals surface area (Å²) in [6.07, 6.45) is 1.69. The molecule has 1 aromatic heterocycles. The van der Waals surface area contributed by atoms with Crippen molar-refractivity contribution in [2.45, 2.75) is 19.9 Å². The Morgan fingerprint density at radius 1 is 1.27 bits per heavy atom. The van der Waals surface area contributed by atoms with Crippen molar-refractivity contribution in [3.05, 3.63) is 82.9 Å². The molecule has 1 atom stereocenters. The normalized spacial score (nSPS) is 11.6. The predicted molar refractivity (Wildman–Crippen MR) is 95.3 cm³/mol. The maximum atomic E-state index is 13.1. The monoisotopic (exact) mass is 348 g/mol. The van der Waals surface area contributed by atoms with E-state index in [1.54, 1.807) is 47.3 Å². The molecular formula is C20H17FN4O. The summed E-state index contributed by atoms with van der Waals surface area (Å²) in [7, 11) is 0. The van der Waals surface area contributed by atoms with E-state index in [0.717, 1.165) is 16.9 Å². The van der Waals surface area contributed by atoms with Gasteiger partial charge in [0, 0.05) is 16.8 Å². The summed E-state index contributed by atoms with van der Waals surface area (Å²) < 4.78 is 14.8. The molecule has 1 N–H and O–H groups in total. The molecule has 2 aromatic carbocycles. The van der Waals surface area contributed by atoms with Crippen molar-refractivity contribution in [2.24, 2.45) is 0 Å². The quantitative estimate of drug-likeness (QED) is 0.782. The lowest BCUT2D eigenvalue weighted by molar-refractivity contribution is 0.0940. The van der Waals surface area contributed by atoms with E-state index < -0.39 is 0 Å². The first kappa shape index (κ1) is 17.4. The maximum absolute atomic E-state index is 13.1. The maximum Gasteiger partial charge on any atom is 0.251 e. The number of carbonyl (C=O) groups is 1. The minimum atomic E-state index is -0.306. The number of nitriles is 1. The average molecular weight is 348 g/mol. The van der Waals surface area contributed by atoms with Gasteiger partial charge in [0.1, 0.15) is 5.82 Å². The molecule has 6 heteroatoms. The fourth-order valence-corrected chi connectivity index (χ4v) is 2.78. The summed E-state index contributed by atoms with van der Waals surface area (Å²) in [5.74, 6) is -0.567. The largest absolute Gasteiger partial charge is 0.345 e. The first-order valence-electron chi connectivity index (χ1n) is 8.11. The second-order valence-electron chi connectivity index (χ2n) is 5.96. The summed E-state index contributed by atoms with van der Waals surface area (Å²) in [6, 6.07) is 14.3. The summed E-state index contributed by atoms with van der Waals surface area (Å²) >= 11 is 0. The number of nitrogens with one attached hydrogen (secondary N) is 1. The number of amides is 1. The third-order valence-corrected chi connectivity index (χ3v) is 4.19. The second kappa shape index (κ2) is 7.19. The Morgan fingerprint density at radius 3 is 2.69 bits per heavy atom. The lowest BCUT2D eigenvalue weighted by Crippen LogP contribution is -2.27. The summed E-state index contributed by atoms with van der Waals surface area (Å²) in [5.41, 5.74) is 3.33. The summed E-state index contributed by atoms with van der Waals surface area (Å²) in [5, 5.41) is 16.2. The molecule has 3 rings (SSSR count). The van der Waals surface area contributed by atoms with Crippen LogP contribution in [0.5, 0.6) is 0 Å². The molecule has 0 radical (unpaired) electrons. The molecule has 0 saturated carbocycles. The Hall–Kier alpha value is -3.46. The van der Waals surface area contributed by atoms with E-state index in [1.165, 1.54) is 12.1 Å². The van der Waals surface area contributed by atoms with Gasteiger partial charge in [0.2, 0.25) is 0 Å². The number of aromatic nitrogens is 2. The van der Waals surface area contributed by atoms with E-state index in [4.69, 9.17) is 5.26 Å². The number of halogens is 1. The molecule has 1 heterocycles. The molecule has 1 amide bonds. The van der Waals surface area contributed by atoms with Gasteiger partial charge >= 0.3 is 0 Å². The highest BCUT2D eigenvalue weighted by atomic mass is 19.1. The number of benzene rings is 2. The molecule has 3 aromatic rings. The third-order valence-electron chi connectivity index (χ3n) is 4.19. The number of nitrogens with zero attached hydrogens (tertiary/aromatic N) is 3. The SMILES string of the molecule is Cc1c(C(C)NC(=O)c2cccc(C#N)c2)cnn1-c1ccc(F)cc1. The van der Waals surface area contributed by atoms with Gasteiger partial charge in [0.25, 0.3) is 5.91 Å². The fraction of sp³-hybridized carbons (Fsp3) is 0.150. The molecule has 0 bridgehead atoms. The average Bonchev–Trinajstić information content (AvgIpc) is 3.04. The molecule has 0 aliphatic rings. The Bertz CT molecular complexity index is 986. The highest BCUT2D eigenvalue weighted by Gasteiger charge is 2.17. The van der Waals surface area contributed by atoms with Gasteiger partial charge in [-0.3, -0.25) is 4.79 Å². The van der Waals surface area contributed by atoms with Crippen molar-refractivity contribution in [3.63, 3.8) is 0 Å². The first-order chi connectivity index (χ1) is 12.5. The van der Waals surface area contributed by atoms with Crippen LogP contribution >= 0.6 is 0 Å². The van der Waals surface area contributed by atoms with Gasteiger partial charge < -0.3 is 5.32 Å². The van der Waals surface area contributed by atoms with Gasteiger partial charge in [-0.25, -0.2) is 9.07 Å². The molecule has 0 aliphatic heterocycles. The third kappa shape index (κ3) is 3.47. The fourth-order valence-electron chi connectivity index (χ4n) is 2.78. The molecule has 130 valence electrons. The van der Waals surface area contributed by atoms with Crippen molar-refractivity contribution in [2.75, 3.05) is 0 Å². The van der Waals surface area contributed by atoms with E-state index in [2.05, 4.69) is 10.4 Å². The lowest BCUT2D eigenvalue weighted by atomic mass is 10.1. The summed E-state index contributed by atoms with van der Waals surface area (Å²) in [4.78, 5) is 12.4. The topological polar surface area (TPSA) is 70.7 Å². The van der Waals surface area contributed by atoms with Crippen LogP contribution in [0.25, 0.3) is 5.69 Å². The van der Waals surface area contributed by atoms with Crippen LogP contribution in [0.3, 0.4) is 0 Å². The van der Waals surface area contributed by atoms with Gasteiger partial charge in [0.05, 0.1) is 29.6 Å². The Balaban J connectivity index is 1.80. The van der Waals surface area contributed by atoms with Crippen molar-refractivity contribution < 1.29 is 9.18 Å². The second-order valence-corrected chi connectivity index (χ2v) is 5.96. The van der Waals surface area contributed by atoms with Crippen molar-refractivity contribution in [1.82, 2.24) is 15.1 Å². The number of rotatable bonds is 4. The summed E-state index contributed by atoms with van der Waals surface area (Å²) in [6.45, 7) is 3.76. The van der Waals surface area contributed by atoms with Crippen LogP contribution in [-0.2, 0) is 0 Å². The molecule has 26 heavy (non-hydrogen) atoms. The van der Waals surface area contributed by atoms with E-state index in [1.807, 2.05) is 19.9 Å². The van der Waals surface area contributed by atoms with E-state index >= 15 is 0 Å². The first-order valence-corrected chi connectivity index (χ1v) is 8.11. The van der Waals surface area contributed by atoms with Gasteiger partial charge in [-0.05, 0) is 56.3 Å². The van der Waals surface area contributed by atoms with Crippen LogP contribution in [0.2, 0.25) is 0 Å². The minimum absolute atomic E-state index is 0.261. The number of carbonyl (C=O) groups excluding carboxylic acids is 1. The standard InChI is InChI=1S/C20H17FN4O/c1-13(24-20(26)16-5-3-4-15(10-16)11-22)19-12-23-25(14(19)2)18-8-6-17(21)7-9-18/h3-10,12-13H,1-2H3,(H,24,26). The predicted octanol–water partition coefficient (Wildman–Crippen LogP) is 3.68. The molecule has 0 fully saturated rings. The zero-order valence-electron chi connectivity index (χ0n) is 14.4. The molecule has 0 aliphatic carbocycles. The Labute approximate surface area is 150 Å². The van der Waals surface area contributed by atoms with Gasteiger partial charge in [-0.2, -0.15) is 10.4 Å². The van der Waals surface area contributed by atoms with Crippen LogP contribution in [0.15, 0.2) is 54.7 Å². The van der Waals surface area contributed by atoms with E-state index in [9.17, 15) is 9.18 Å². The Kier molecular flexibility index (Phi) is 4.81. The van der Waals surface area contributed by atoms with Gasteiger partial charge in [-0.15, -0.1) is 0 Å². The molecule has 0 spiro atoms. The van der Waals surface area contributed by atoms with Gasteiger partial charge in [0.15, 0.2) is 0 Å². The van der Waals surface area contributed by atoms with Crippen molar-refractivity contribution in [3.8, 4) is 11.8 Å². The van der Waals surface area contributed by atoms with Crippen LogP contribution in [0, 0.1) is 24.1 Å². The van der Waals surface area contributed by atoms with Crippen LogP contribution in [-0.4, -0.2) is 15.7 Å². The molecule has 5 nitrogen and oxygen atoms in total. The van der Waals surface area contributed by atoms with E-state index in [-0.39, 0.29) is 17.8 Å². The smallest absolute Gasteiger partial charge is 0.251 e. The van der Waals surface area contributed by atoms with Crippen LogP contribution in [0.4, 0.5) is 4.39 Å². The van der Waals surface area contributed by atoms with Crippen LogP contribution < -0.4 is 5.32 Å². The van der Waals surface area contributed by atoms with Crippen molar-refractivity contribution >= 4 is 5.91 Å². The zero-order valence-corrected chi connectivity index (χ0v) is 14.4. The zero-order chi connectivity index (χ0) is 18.7. The molecule has 1 unspecified atom stereocenters. The minimum Gasteiger partial charge on any atom is -0.345 e.